The van der Waals surface area contributed by atoms with Crippen molar-refractivity contribution in [2.75, 3.05) is 0 Å². The van der Waals surface area contributed by atoms with Crippen LogP contribution < -0.4 is 4.72 Å². The molecule has 1 N–H and O–H groups in total. The Balaban J connectivity index is 4.39. The summed E-state index contributed by atoms with van der Waals surface area (Å²) >= 11 is 0. The van der Waals surface area contributed by atoms with E-state index in [1.807, 2.05) is 6.07 Å². The highest BCUT2D eigenvalue weighted by Crippen LogP contribution is 1.99. The van der Waals surface area contributed by atoms with Crippen molar-refractivity contribution in [3.63, 3.8) is 0 Å². The van der Waals surface area contributed by atoms with E-state index < -0.39 is 21.3 Å². The molecular weight excluding hydrogens is 190 g/mol. The van der Waals surface area contributed by atoms with Crippen LogP contribution >= 0.6 is 0 Å². The third-order valence-corrected chi connectivity index (χ3v) is 3.18. The number of hydrogen-bond acceptors (Lipinski definition) is 4. The molecule has 0 radical (unpaired) electrons. The molecule has 0 aromatic rings. The highest BCUT2D eigenvalue weighted by atomic mass is 32.2. The lowest BCUT2D eigenvalue weighted by molar-refractivity contribution is 0.559. The Morgan fingerprint density at radius 3 is 2.31 bits per heavy atom. The largest absolute Gasteiger partial charge is 0.227 e. The molecule has 0 bridgehead atoms. The molecule has 0 aliphatic rings. The van der Waals surface area contributed by atoms with Gasteiger partial charge in [-0.3, -0.25) is 0 Å². The smallest absolute Gasteiger partial charge is 0.211 e. The van der Waals surface area contributed by atoms with Crippen LogP contribution in [0, 0.1) is 22.7 Å². The van der Waals surface area contributed by atoms with Crippen molar-refractivity contribution in [3.8, 4) is 12.1 Å². The molecule has 2 atom stereocenters. The Hall–Kier alpha value is -1.11. The lowest BCUT2D eigenvalue weighted by Crippen LogP contribution is -2.37. The number of rotatable bonds is 4. The minimum atomic E-state index is -3.59. The van der Waals surface area contributed by atoms with Crippen LogP contribution in [0.3, 0.4) is 0 Å². The van der Waals surface area contributed by atoms with E-state index in [9.17, 15) is 8.42 Å². The predicted octanol–water partition coefficient (Wildman–Crippen LogP) is 0.120. The number of nitrogens with zero attached hydrogens (tertiary/aromatic N) is 2. The average molecular weight is 201 g/mol. The Bertz CT molecular complexity index is 336. The van der Waals surface area contributed by atoms with E-state index in [4.69, 9.17) is 10.5 Å². The van der Waals surface area contributed by atoms with Gasteiger partial charge in [0.15, 0.2) is 5.25 Å². The third-order valence-electron chi connectivity index (χ3n) is 1.41. The quantitative estimate of drug-likeness (QED) is 0.699. The van der Waals surface area contributed by atoms with Crippen molar-refractivity contribution < 1.29 is 8.42 Å². The van der Waals surface area contributed by atoms with E-state index in [0.29, 0.717) is 0 Å². The van der Waals surface area contributed by atoms with Crippen LogP contribution in [0.5, 0.6) is 0 Å². The summed E-state index contributed by atoms with van der Waals surface area (Å²) in [6, 6.07) is 3.00. The second kappa shape index (κ2) is 4.80. The third kappa shape index (κ3) is 3.88. The zero-order chi connectivity index (χ0) is 10.5. The highest BCUT2D eigenvalue weighted by molar-refractivity contribution is 7.90. The molecule has 0 aliphatic carbocycles. The normalized spacial score (nSPS) is 15.4. The molecule has 0 saturated heterocycles. The molecule has 0 fully saturated rings. The van der Waals surface area contributed by atoms with Gasteiger partial charge in [0.2, 0.25) is 10.0 Å². The van der Waals surface area contributed by atoms with Gasteiger partial charge in [0.05, 0.1) is 18.6 Å². The molecule has 0 rings (SSSR count). The summed E-state index contributed by atoms with van der Waals surface area (Å²) in [5, 5.41) is 15.6. The van der Waals surface area contributed by atoms with Crippen LogP contribution in [0.1, 0.15) is 20.3 Å². The van der Waals surface area contributed by atoms with Gasteiger partial charge >= 0.3 is 0 Å². The van der Waals surface area contributed by atoms with E-state index in [2.05, 4.69) is 4.72 Å². The number of nitrogens with one attached hydrogen (secondary N) is 1. The summed E-state index contributed by atoms with van der Waals surface area (Å²) in [5.74, 6) is 0. The van der Waals surface area contributed by atoms with E-state index in [-0.39, 0.29) is 6.42 Å². The SMILES string of the molecule is CC(CC#N)NS(=O)(=O)C(C)C#N. The van der Waals surface area contributed by atoms with Crippen molar-refractivity contribution in [2.45, 2.75) is 31.6 Å². The fraction of sp³-hybridized carbons (Fsp3) is 0.714. The number of nitriles is 2. The van der Waals surface area contributed by atoms with Crippen LogP contribution in [0.4, 0.5) is 0 Å². The summed E-state index contributed by atoms with van der Waals surface area (Å²) in [7, 11) is -3.59. The molecule has 0 spiro atoms. The Morgan fingerprint density at radius 2 is 1.92 bits per heavy atom. The lowest BCUT2D eigenvalue weighted by Gasteiger charge is -2.11. The Morgan fingerprint density at radius 1 is 1.38 bits per heavy atom. The van der Waals surface area contributed by atoms with Crippen LogP contribution in [0.2, 0.25) is 0 Å². The van der Waals surface area contributed by atoms with E-state index in [1.54, 1.807) is 13.0 Å². The minimum Gasteiger partial charge on any atom is -0.211 e. The minimum absolute atomic E-state index is 0.0946. The average Bonchev–Trinajstić information content (AvgIpc) is 2.02. The van der Waals surface area contributed by atoms with Crippen molar-refractivity contribution in [3.05, 3.63) is 0 Å². The fourth-order valence-corrected chi connectivity index (χ4v) is 1.62. The summed E-state index contributed by atoms with van der Waals surface area (Å²) in [4.78, 5) is 0. The highest BCUT2D eigenvalue weighted by Gasteiger charge is 2.21. The van der Waals surface area contributed by atoms with Crippen molar-refractivity contribution in [1.29, 1.82) is 10.5 Å². The summed E-state index contributed by atoms with van der Waals surface area (Å²) in [6.07, 6.45) is 0.0946. The van der Waals surface area contributed by atoms with Gasteiger partial charge < -0.3 is 0 Å². The molecule has 0 amide bonds. The summed E-state index contributed by atoms with van der Waals surface area (Å²) in [6.45, 7) is 2.87. The lowest BCUT2D eigenvalue weighted by atomic mass is 10.3. The number of sulfonamides is 1. The first kappa shape index (κ1) is 11.9. The molecule has 5 nitrogen and oxygen atoms in total. The molecule has 2 unspecified atom stereocenters. The van der Waals surface area contributed by atoms with Gasteiger partial charge in [-0.2, -0.15) is 10.5 Å². The van der Waals surface area contributed by atoms with Gasteiger partial charge in [0.25, 0.3) is 0 Å². The van der Waals surface area contributed by atoms with Crippen molar-refractivity contribution in [2.24, 2.45) is 0 Å². The zero-order valence-electron chi connectivity index (χ0n) is 7.48. The monoisotopic (exact) mass is 201 g/mol. The standard InChI is InChI=1S/C7H11N3O2S/c1-6(3-4-8)10-13(11,12)7(2)5-9/h6-7,10H,3H2,1-2H3. The summed E-state index contributed by atoms with van der Waals surface area (Å²) < 4.78 is 24.6. The first-order chi connectivity index (χ1) is 5.94. The van der Waals surface area contributed by atoms with Crippen LogP contribution in [-0.4, -0.2) is 19.7 Å². The second-order valence-electron chi connectivity index (χ2n) is 2.70. The molecule has 0 saturated carbocycles. The maximum Gasteiger partial charge on any atom is 0.227 e. The molecule has 0 aromatic heterocycles. The zero-order valence-corrected chi connectivity index (χ0v) is 8.30. The van der Waals surface area contributed by atoms with E-state index >= 15 is 0 Å². The van der Waals surface area contributed by atoms with Gasteiger partial charge in [-0.15, -0.1) is 0 Å². The molecular formula is C7H11N3O2S. The second-order valence-corrected chi connectivity index (χ2v) is 4.73. The van der Waals surface area contributed by atoms with Gasteiger partial charge in [0, 0.05) is 6.04 Å². The van der Waals surface area contributed by atoms with Crippen LogP contribution in [-0.2, 0) is 10.0 Å². The Kier molecular flexibility index (Phi) is 4.39. The van der Waals surface area contributed by atoms with Gasteiger partial charge in [-0.05, 0) is 13.8 Å². The molecule has 0 aromatic carbocycles. The molecule has 6 heteroatoms. The van der Waals surface area contributed by atoms with Gasteiger partial charge in [0.1, 0.15) is 0 Å². The van der Waals surface area contributed by atoms with Crippen molar-refractivity contribution >= 4 is 10.0 Å². The van der Waals surface area contributed by atoms with E-state index in [1.165, 1.54) is 6.92 Å². The summed E-state index contributed by atoms with van der Waals surface area (Å²) in [5.41, 5.74) is 0. The maximum atomic E-state index is 11.2. The molecule has 0 heterocycles. The first-order valence-corrected chi connectivity index (χ1v) is 5.26. The van der Waals surface area contributed by atoms with E-state index in [0.717, 1.165) is 0 Å². The van der Waals surface area contributed by atoms with Gasteiger partial charge in [-0.25, -0.2) is 13.1 Å². The maximum absolute atomic E-state index is 11.2. The molecule has 0 aliphatic heterocycles. The predicted molar refractivity (Wildman–Crippen MR) is 46.8 cm³/mol. The van der Waals surface area contributed by atoms with Gasteiger partial charge in [-0.1, -0.05) is 0 Å². The Labute approximate surface area is 78.0 Å². The fourth-order valence-electron chi connectivity index (χ4n) is 0.630. The van der Waals surface area contributed by atoms with Crippen LogP contribution in [0.15, 0.2) is 0 Å². The first-order valence-electron chi connectivity index (χ1n) is 3.71. The number of hydrogen-bond donors (Lipinski definition) is 1. The van der Waals surface area contributed by atoms with Crippen molar-refractivity contribution in [1.82, 2.24) is 4.72 Å². The topological polar surface area (TPSA) is 93.8 Å². The molecule has 72 valence electrons. The molecule has 13 heavy (non-hydrogen) atoms. The van der Waals surface area contributed by atoms with Crippen LogP contribution in [0.25, 0.3) is 0 Å².